The van der Waals surface area contributed by atoms with E-state index in [1.807, 2.05) is 91.4 Å². The van der Waals surface area contributed by atoms with Crippen molar-refractivity contribution in [3.05, 3.63) is 143 Å². The summed E-state index contributed by atoms with van der Waals surface area (Å²) >= 11 is 0. The van der Waals surface area contributed by atoms with E-state index in [1.165, 1.54) is 0 Å². The predicted molar refractivity (Wildman–Crippen MR) is 242 cm³/mol. The molecule has 330 valence electrons. The predicted octanol–water partition coefficient (Wildman–Crippen LogP) is 7.45. The number of amides is 3. The number of carbonyl (C=O) groups is 3. The van der Waals surface area contributed by atoms with E-state index in [1.54, 1.807) is 54.2 Å². The molecular formula is C45H49ClN14O4. The number of benzene rings is 1. The molecule has 0 fully saturated rings. The van der Waals surface area contributed by atoms with Crippen LogP contribution in [0.15, 0.2) is 104 Å². The van der Waals surface area contributed by atoms with E-state index >= 15 is 0 Å². The quantitative estimate of drug-likeness (QED) is 0.122. The molecule has 0 aliphatic carbocycles. The van der Waals surface area contributed by atoms with Crippen molar-refractivity contribution in [2.75, 3.05) is 10.6 Å². The van der Waals surface area contributed by atoms with Crippen molar-refractivity contribution >= 4 is 42.0 Å². The highest BCUT2D eigenvalue weighted by molar-refractivity contribution is 6.03. The second kappa shape index (κ2) is 20.6. The number of anilines is 2. The average Bonchev–Trinajstić information content (AvgIpc) is 4.13. The number of nitrogens with zero attached hydrogens (tertiary/aromatic N) is 11. The zero-order valence-electron chi connectivity index (χ0n) is 35.0. The Hall–Kier alpha value is -7.44. The Morgan fingerprint density at radius 3 is 1.75 bits per heavy atom. The molecule has 2 aliphatic rings. The van der Waals surface area contributed by atoms with Crippen molar-refractivity contribution in [2.24, 2.45) is 0 Å². The minimum atomic E-state index is -0.406. The fraction of sp³-hybridized carbons (Fsp3) is 0.267. The molecule has 7 aromatic rings. The molecule has 8 heterocycles. The van der Waals surface area contributed by atoms with Gasteiger partial charge in [-0.1, -0.05) is 49.9 Å². The van der Waals surface area contributed by atoms with E-state index in [9.17, 15) is 14.4 Å². The van der Waals surface area contributed by atoms with Gasteiger partial charge >= 0.3 is 6.09 Å². The Balaban J connectivity index is 0.000000216. The van der Waals surface area contributed by atoms with E-state index in [0.29, 0.717) is 53.5 Å². The topological polar surface area (TPSA) is 213 Å². The zero-order chi connectivity index (χ0) is 43.2. The van der Waals surface area contributed by atoms with E-state index in [2.05, 4.69) is 56.3 Å². The first kappa shape index (κ1) is 46.1. The Morgan fingerprint density at radius 1 is 0.672 bits per heavy atom. The van der Waals surface area contributed by atoms with Crippen LogP contribution in [-0.2, 0) is 37.5 Å². The second-order valence-corrected chi connectivity index (χ2v) is 15.2. The summed E-state index contributed by atoms with van der Waals surface area (Å²) in [5.74, 6) is 1.44. The molecule has 0 saturated carbocycles. The molecule has 0 radical (unpaired) electrons. The maximum absolute atomic E-state index is 12.9. The van der Waals surface area contributed by atoms with Crippen LogP contribution in [0.5, 0.6) is 0 Å². The fourth-order valence-electron chi connectivity index (χ4n) is 6.88. The highest BCUT2D eigenvalue weighted by Gasteiger charge is 2.26. The SMILES string of the molecule is C.CC(C)n1cnnc1-c1cccc(NC(=O)c2cc3c(cn2)CN(C(=O)OCc2ccccc2)C3)n1.CC(C)n1cnnc1-c1cccc(NC(=O)c2cc3c(cn2)CNC3)n1.Cl. The van der Waals surface area contributed by atoms with Crippen LogP contribution in [0.25, 0.3) is 23.0 Å². The van der Waals surface area contributed by atoms with Gasteiger partial charge in [0.2, 0.25) is 0 Å². The number of pyridine rings is 4. The van der Waals surface area contributed by atoms with Crippen molar-refractivity contribution in [1.29, 1.82) is 0 Å². The van der Waals surface area contributed by atoms with Gasteiger partial charge in [0.05, 0.1) is 6.54 Å². The highest BCUT2D eigenvalue weighted by atomic mass is 35.5. The monoisotopic (exact) mass is 884 g/mol. The summed E-state index contributed by atoms with van der Waals surface area (Å²) in [5, 5.41) is 25.1. The van der Waals surface area contributed by atoms with Gasteiger partial charge in [-0.05, 0) is 91.9 Å². The first-order chi connectivity index (χ1) is 30.1. The molecule has 1 aromatic carbocycles. The molecule has 19 heteroatoms. The standard InChI is InChI=1S/C26H25N7O3.C18H19N7O.CH4.ClH/c1-17(2)33-16-28-31-24(33)21-9-6-10-23(29-21)30-25(34)22-11-19-13-32(14-20(19)12-27-22)26(35)36-15-18-7-4-3-5-8-18;1-11(2)25-10-21-24-17(25)14-4-3-5-16(22-14)23-18(26)15-6-12-7-19-8-13(12)9-20-15;;/h3-12,16-17H,13-15H2,1-2H3,(H,29,30,34);3-6,9-11,19H,7-8H2,1-2H3,(H,22,23,26);1H4;1H. The third kappa shape index (κ3) is 10.6. The maximum Gasteiger partial charge on any atom is 0.410 e. The molecule has 2 aliphatic heterocycles. The summed E-state index contributed by atoms with van der Waals surface area (Å²) in [7, 11) is 0. The highest BCUT2D eigenvalue weighted by Crippen LogP contribution is 2.25. The molecule has 3 N–H and O–H groups in total. The van der Waals surface area contributed by atoms with Crippen LogP contribution in [0.2, 0.25) is 0 Å². The minimum absolute atomic E-state index is 0. The summed E-state index contributed by atoms with van der Waals surface area (Å²) in [6, 6.07) is 24.2. The number of aromatic nitrogens is 10. The number of carbonyl (C=O) groups excluding carboxylic acids is 3. The van der Waals surface area contributed by atoms with Crippen molar-refractivity contribution in [2.45, 2.75) is 80.0 Å². The number of fused-ring (bicyclic) bond motifs is 2. The maximum atomic E-state index is 12.9. The number of nitrogens with one attached hydrogen (secondary N) is 3. The number of hydrogen-bond acceptors (Lipinski definition) is 13. The fourth-order valence-corrected chi connectivity index (χ4v) is 6.88. The molecule has 18 nitrogen and oxygen atoms in total. The molecule has 64 heavy (non-hydrogen) atoms. The lowest BCUT2D eigenvalue weighted by atomic mass is 10.1. The van der Waals surface area contributed by atoms with Crippen LogP contribution in [0.1, 0.15) is 96.0 Å². The first-order valence-electron chi connectivity index (χ1n) is 20.1. The van der Waals surface area contributed by atoms with Crippen molar-refractivity contribution in [1.82, 2.24) is 59.7 Å². The Morgan fingerprint density at radius 2 is 1.19 bits per heavy atom. The third-order valence-corrected chi connectivity index (χ3v) is 10.1. The molecule has 0 saturated heterocycles. The average molecular weight is 885 g/mol. The van der Waals surface area contributed by atoms with Gasteiger partial charge in [-0.2, -0.15) is 0 Å². The summed E-state index contributed by atoms with van der Waals surface area (Å²) in [5.41, 5.74) is 6.79. The summed E-state index contributed by atoms with van der Waals surface area (Å²) < 4.78 is 9.28. The van der Waals surface area contributed by atoms with E-state index < -0.39 is 12.0 Å². The van der Waals surface area contributed by atoms with Crippen LogP contribution in [-0.4, -0.2) is 72.3 Å². The second-order valence-electron chi connectivity index (χ2n) is 15.2. The Kier molecular flexibility index (Phi) is 14.8. The molecule has 3 amide bonds. The van der Waals surface area contributed by atoms with E-state index in [-0.39, 0.29) is 50.1 Å². The number of rotatable bonds is 10. The van der Waals surface area contributed by atoms with Crippen molar-refractivity contribution in [3.63, 3.8) is 0 Å². The number of hydrogen-bond donors (Lipinski definition) is 3. The number of halogens is 1. The van der Waals surface area contributed by atoms with Gasteiger partial charge in [0.25, 0.3) is 11.8 Å². The summed E-state index contributed by atoms with van der Waals surface area (Å²) in [6.45, 7) is 10.7. The van der Waals surface area contributed by atoms with Crippen LogP contribution < -0.4 is 16.0 Å². The van der Waals surface area contributed by atoms with E-state index in [0.717, 1.165) is 40.9 Å². The van der Waals surface area contributed by atoms with Crippen molar-refractivity contribution in [3.8, 4) is 23.0 Å². The van der Waals surface area contributed by atoms with Crippen LogP contribution in [0.3, 0.4) is 0 Å². The van der Waals surface area contributed by atoms with Gasteiger partial charge in [-0.25, -0.2) is 14.8 Å². The smallest absolute Gasteiger partial charge is 0.410 e. The largest absolute Gasteiger partial charge is 0.445 e. The molecule has 9 rings (SSSR count). The normalized spacial score (nSPS) is 12.3. The number of ether oxygens (including phenoxy) is 1. The van der Waals surface area contributed by atoms with E-state index in [4.69, 9.17) is 4.74 Å². The minimum Gasteiger partial charge on any atom is -0.445 e. The summed E-state index contributed by atoms with van der Waals surface area (Å²) in [4.78, 5) is 57.1. The van der Waals surface area contributed by atoms with Gasteiger partial charge in [0, 0.05) is 44.1 Å². The molecular weight excluding hydrogens is 836 g/mol. The molecule has 6 aromatic heterocycles. The molecule has 0 spiro atoms. The van der Waals surface area contributed by atoms with Crippen molar-refractivity contribution < 1.29 is 19.1 Å². The molecule has 0 bridgehead atoms. The van der Waals surface area contributed by atoms with Gasteiger partial charge in [-0.15, -0.1) is 32.8 Å². The lowest BCUT2D eigenvalue weighted by Crippen LogP contribution is -2.26. The Labute approximate surface area is 376 Å². The lowest BCUT2D eigenvalue weighted by Gasteiger charge is -2.15. The molecule has 0 unspecified atom stereocenters. The van der Waals surface area contributed by atoms with Gasteiger partial charge in [0.15, 0.2) is 11.6 Å². The van der Waals surface area contributed by atoms with Gasteiger partial charge in [0.1, 0.15) is 53.7 Å². The summed E-state index contributed by atoms with van der Waals surface area (Å²) in [6.07, 6.45) is 6.30. The first-order valence-corrected chi connectivity index (χ1v) is 20.1. The molecule has 0 atom stereocenters. The van der Waals surface area contributed by atoms with Gasteiger partial charge in [-0.3, -0.25) is 24.5 Å². The Bertz CT molecular complexity index is 2740. The van der Waals surface area contributed by atoms with Crippen LogP contribution >= 0.6 is 12.4 Å². The third-order valence-electron chi connectivity index (χ3n) is 10.1. The van der Waals surface area contributed by atoms with Crippen LogP contribution in [0.4, 0.5) is 16.4 Å². The van der Waals surface area contributed by atoms with Crippen LogP contribution in [0, 0.1) is 0 Å². The zero-order valence-corrected chi connectivity index (χ0v) is 35.8. The lowest BCUT2D eigenvalue weighted by molar-refractivity contribution is 0.0954. The van der Waals surface area contributed by atoms with Gasteiger partial charge < -0.3 is 29.8 Å².